The number of Topliss-reactive ketones (excluding diaryl/α,β-unsaturated/α-hetero) is 1. The van der Waals surface area contributed by atoms with Gasteiger partial charge in [-0.2, -0.15) is 4.98 Å². The third-order valence-electron chi connectivity index (χ3n) is 2.23. The number of ketones is 1. The quantitative estimate of drug-likeness (QED) is 0.770. The van der Waals surface area contributed by atoms with E-state index in [0.29, 0.717) is 17.4 Å². The second-order valence-corrected chi connectivity index (χ2v) is 3.38. The van der Waals surface area contributed by atoms with Gasteiger partial charge in [0.15, 0.2) is 0 Å². The molecule has 0 aliphatic carbocycles. The molecule has 0 aromatic carbocycles. The first-order valence-corrected chi connectivity index (χ1v) is 4.79. The molecule has 0 N–H and O–H groups in total. The van der Waals surface area contributed by atoms with E-state index in [1.54, 1.807) is 19.2 Å². The maximum absolute atomic E-state index is 11.1. The predicted octanol–water partition coefficient (Wildman–Crippen LogP) is 1.22. The van der Waals surface area contributed by atoms with Gasteiger partial charge in [0.1, 0.15) is 17.8 Å². The minimum absolute atomic E-state index is 0.0158. The van der Waals surface area contributed by atoms with Gasteiger partial charge in [-0.25, -0.2) is 9.97 Å². The van der Waals surface area contributed by atoms with Crippen molar-refractivity contribution < 1.29 is 9.32 Å². The summed E-state index contributed by atoms with van der Waals surface area (Å²) >= 11 is 0. The van der Waals surface area contributed by atoms with Gasteiger partial charge < -0.3 is 4.52 Å². The standard InChI is InChI=1S/C10H10N4O2/c1-6(7(2)15)10-13-9(14-16-10)8-3-4-11-5-12-8/h3-6H,1-2H3. The first kappa shape index (κ1) is 10.4. The van der Waals surface area contributed by atoms with Crippen LogP contribution in [0, 0.1) is 0 Å². The summed E-state index contributed by atoms with van der Waals surface area (Å²) in [6.07, 6.45) is 2.99. The highest BCUT2D eigenvalue weighted by Crippen LogP contribution is 2.17. The maximum Gasteiger partial charge on any atom is 0.237 e. The summed E-state index contributed by atoms with van der Waals surface area (Å²) in [5, 5.41) is 3.76. The van der Waals surface area contributed by atoms with Gasteiger partial charge in [-0.05, 0) is 19.9 Å². The normalized spacial score (nSPS) is 12.4. The Morgan fingerprint density at radius 3 is 2.94 bits per heavy atom. The molecule has 0 saturated heterocycles. The smallest absolute Gasteiger partial charge is 0.237 e. The molecule has 0 spiro atoms. The number of carbonyl (C=O) groups excluding carboxylic acids is 1. The Hall–Kier alpha value is -2.11. The molecule has 0 fully saturated rings. The van der Waals surface area contributed by atoms with Crippen molar-refractivity contribution in [3.63, 3.8) is 0 Å². The fourth-order valence-corrected chi connectivity index (χ4v) is 1.11. The van der Waals surface area contributed by atoms with Crippen LogP contribution in [0.3, 0.4) is 0 Å². The zero-order valence-electron chi connectivity index (χ0n) is 8.91. The topological polar surface area (TPSA) is 81.8 Å². The average Bonchev–Trinajstić information content (AvgIpc) is 2.78. The number of rotatable bonds is 3. The van der Waals surface area contributed by atoms with Crippen LogP contribution in [-0.2, 0) is 4.79 Å². The molecule has 2 rings (SSSR count). The third kappa shape index (κ3) is 1.95. The molecule has 0 radical (unpaired) electrons. The first-order chi connectivity index (χ1) is 7.68. The van der Waals surface area contributed by atoms with Gasteiger partial charge >= 0.3 is 0 Å². The van der Waals surface area contributed by atoms with Crippen LogP contribution in [0.1, 0.15) is 25.7 Å². The van der Waals surface area contributed by atoms with E-state index in [1.165, 1.54) is 13.3 Å². The maximum atomic E-state index is 11.1. The van der Waals surface area contributed by atoms with Crippen LogP contribution >= 0.6 is 0 Å². The molecule has 2 aromatic heterocycles. The molecule has 0 saturated carbocycles. The van der Waals surface area contributed by atoms with Crippen LogP contribution < -0.4 is 0 Å². The highest BCUT2D eigenvalue weighted by atomic mass is 16.5. The van der Waals surface area contributed by atoms with Crippen LogP contribution in [0.2, 0.25) is 0 Å². The molecule has 2 heterocycles. The molecule has 0 aliphatic heterocycles. The van der Waals surface area contributed by atoms with E-state index in [9.17, 15) is 4.79 Å². The number of hydrogen-bond acceptors (Lipinski definition) is 6. The lowest BCUT2D eigenvalue weighted by atomic mass is 10.1. The molecule has 1 atom stereocenters. The first-order valence-electron chi connectivity index (χ1n) is 4.79. The van der Waals surface area contributed by atoms with Gasteiger partial charge in [-0.1, -0.05) is 5.16 Å². The number of aromatic nitrogens is 4. The summed E-state index contributed by atoms with van der Waals surface area (Å²) in [5.74, 6) is 0.271. The van der Waals surface area contributed by atoms with E-state index in [4.69, 9.17) is 4.52 Å². The average molecular weight is 218 g/mol. The van der Waals surface area contributed by atoms with E-state index >= 15 is 0 Å². The molecular weight excluding hydrogens is 208 g/mol. The minimum Gasteiger partial charge on any atom is -0.338 e. The fraction of sp³-hybridized carbons (Fsp3) is 0.300. The number of hydrogen-bond donors (Lipinski definition) is 0. The number of nitrogens with zero attached hydrogens (tertiary/aromatic N) is 4. The molecule has 1 unspecified atom stereocenters. The van der Waals surface area contributed by atoms with Crippen molar-refractivity contribution in [3.05, 3.63) is 24.5 Å². The van der Waals surface area contributed by atoms with Gasteiger partial charge in [0, 0.05) is 6.20 Å². The van der Waals surface area contributed by atoms with Crippen LogP contribution in [0.25, 0.3) is 11.5 Å². The Kier molecular flexibility index (Phi) is 2.72. The molecule has 0 aliphatic rings. The van der Waals surface area contributed by atoms with Gasteiger partial charge in [0.25, 0.3) is 0 Å². The lowest BCUT2D eigenvalue weighted by Gasteiger charge is -1.97. The summed E-state index contributed by atoms with van der Waals surface area (Å²) in [5.41, 5.74) is 0.570. The fourth-order valence-electron chi connectivity index (χ4n) is 1.11. The summed E-state index contributed by atoms with van der Waals surface area (Å²) < 4.78 is 5.00. The Balaban J connectivity index is 2.30. The van der Waals surface area contributed by atoms with Crippen molar-refractivity contribution in [2.75, 3.05) is 0 Å². The van der Waals surface area contributed by atoms with Crippen molar-refractivity contribution >= 4 is 5.78 Å². The largest absolute Gasteiger partial charge is 0.338 e. The van der Waals surface area contributed by atoms with Crippen molar-refractivity contribution in [3.8, 4) is 11.5 Å². The van der Waals surface area contributed by atoms with Gasteiger partial charge in [0.2, 0.25) is 11.7 Å². The summed E-state index contributed by atoms with van der Waals surface area (Å²) in [6, 6.07) is 1.67. The van der Waals surface area contributed by atoms with Crippen LogP contribution in [0.15, 0.2) is 23.1 Å². The zero-order valence-corrected chi connectivity index (χ0v) is 8.91. The minimum atomic E-state index is -0.386. The van der Waals surface area contributed by atoms with E-state index in [1.807, 2.05) is 0 Å². The molecular formula is C10H10N4O2. The third-order valence-corrected chi connectivity index (χ3v) is 2.23. The Morgan fingerprint density at radius 2 is 2.31 bits per heavy atom. The van der Waals surface area contributed by atoms with Crippen LogP contribution in [0.5, 0.6) is 0 Å². The Bertz CT molecular complexity index is 495. The van der Waals surface area contributed by atoms with Crippen molar-refractivity contribution in [1.29, 1.82) is 0 Å². The van der Waals surface area contributed by atoms with E-state index < -0.39 is 0 Å². The lowest BCUT2D eigenvalue weighted by molar-refractivity contribution is -0.118. The van der Waals surface area contributed by atoms with Crippen molar-refractivity contribution in [1.82, 2.24) is 20.1 Å². The molecule has 0 bridgehead atoms. The van der Waals surface area contributed by atoms with Crippen molar-refractivity contribution in [2.45, 2.75) is 19.8 Å². The second-order valence-electron chi connectivity index (χ2n) is 3.38. The van der Waals surface area contributed by atoms with Gasteiger partial charge in [-0.3, -0.25) is 4.79 Å². The second kappa shape index (κ2) is 4.18. The molecule has 0 amide bonds. The van der Waals surface area contributed by atoms with Gasteiger partial charge in [0.05, 0.1) is 5.92 Å². The Labute approximate surface area is 91.7 Å². The van der Waals surface area contributed by atoms with Gasteiger partial charge in [-0.15, -0.1) is 0 Å². The SMILES string of the molecule is CC(=O)C(C)c1nc(-c2ccncn2)no1. The zero-order chi connectivity index (χ0) is 11.5. The molecule has 82 valence electrons. The van der Waals surface area contributed by atoms with E-state index in [-0.39, 0.29) is 11.7 Å². The summed E-state index contributed by atoms with van der Waals surface area (Å²) in [6.45, 7) is 3.21. The summed E-state index contributed by atoms with van der Waals surface area (Å²) in [7, 11) is 0. The predicted molar refractivity (Wildman–Crippen MR) is 54.4 cm³/mol. The van der Waals surface area contributed by atoms with Crippen molar-refractivity contribution in [2.24, 2.45) is 0 Å². The monoisotopic (exact) mass is 218 g/mol. The Morgan fingerprint density at radius 1 is 1.50 bits per heavy atom. The van der Waals surface area contributed by atoms with Crippen LogP contribution in [-0.4, -0.2) is 25.9 Å². The van der Waals surface area contributed by atoms with E-state index in [2.05, 4.69) is 20.1 Å². The van der Waals surface area contributed by atoms with Crippen LogP contribution in [0.4, 0.5) is 0 Å². The molecule has 2 aromatic rings. The number of carbonyl (C=O) groups is 1. The lowest BCUT2D eigenvalue weighted by Crippen LogP contribution is -2.04. The highest BCUT2D eigenvalue weighted by molar-refractivity contribution is 5.81. The molecule has 6 nitrogen and oxygen atoms in total. The molecule has 16 heavy (non-hydrogen) atoms. The summed E-state index contributed by atoms with van der Waals surface area (Å²) in [4.78, 5) is 23.0. The molecule has 6 heteroatoms. The highest BCUT2D eigenvalue weighted by Gasteiger charge is 2.19. The van der Waals surface area contributed by atoms with E-state index in [0.717, 1.165) is 0 Å².